The molecule has 0 spiro atoms. The minimum absolute atomic E-state index is 0.0299. The molecule has 1 aliphatic rings. The molecule has 1 aromatic rings. The maximum absolute atomic E-state index is 12.8. The molecule has 1 saturated carbocycles. The van der Waals surface area contributed by atoms with Gasteiger partial charge in [-0.25, -0.2) is 4.39 Å². The summed E-state index contributed by atoms with van der Waals surface area (Å²) in [5, 5.41) is 0. The van der Waals surface area contributed by atoms with Crippen molar-refractivity contribution in [2.24, 2.45) is 0 Å². The van der Waals surface area contributed by atoms with E-state index in [9.17, 15) is 22.4 Å². The summed E-state index contributed by atoms with van der Waals surface area (Å²) in [7, 11) is 0. The van der Waals surface area contributed by atoms with Crippen LogP contribution in [0.4, 0.5) is 17.6 Å². The molecule has 17 heavy (non-hydrogen) atoms. The molecule has 1 aromatic carbocycles. The van der Waals surface area contributed by atoms with Crippen LogP contribution in [0, 0.1) is 0 Å². The first kappa shape index (κ1) is 12.1. The summed E-state index contributed by atoms with van der Waals surface area (Å²) in [4.78, 5) is 11.0. The molecule has 0 aliphatic heterocycles. The fourth-order valence-corrected chi connectivity index (χ4v) is 2.14. The maximum atomic E-state index is 12.8. The van der Waals surface area contributed by atoms with Gasteiger partial charge in [0, 0.05) is 0 Å². The number of carbonyl (C=O) groups is 1. The molecule has 0 atom stereocenters. The Balaban J connectivity index is 2.37. The van der Waals surface area contributed by atoms with E-state index in [1.54, 1.807) is 0 Å². The molecule has 1 aliphatic carbocycles. The van der Waals surface area contributed by atoms with Gasteiger partial charge in [0.25, 0.3) is 0 Å². The van der Waals surface area contributed by atoms with Crippen molar-refractivity contribution in [3.8, 4) is 0 Å². The molecule has 0 heterocycles. The van der Waals surface area contributed by atoms with Gasteiger partial charge < -0.3 is 4.79 Å². The second-order valence-electron chi connectivity index (χ2n) is 4.36. The van der Waals surface area contributed by atoms with Crippen molar-refractivity contribution in [2.75, 3.05) is 0 Å². The van der Waals surface area contributed by atoms with Crippen molar-refractivity contribution in [1.82, 2.24) is 0 Å². The van der Waals surface area contributed by atoms with Crippen molar-refractivity contribution >= 4 is 6.29 Å². The van der Waals surface area contributed by atoms with E-state index in [1.807, 2.05) is 0 Å². The Morgan fingerprint density at radius 1 is 1.29 bits per heavy atom. The summed E-state index contributed by atoms with van der Waals surface area (Å²) in [6, 6.07) is 4.55. The zero-order valence-corrected chi connectivity index (χ0v) is 8.80. The van der Waals surface area contributed by atoms with E-state index in [1.165, 1.54) is 12.1 Å². The lowest BCUT2D eigenvalue weighted by Gasteiger charge is -2.40. The first-order chi connectivity index (χ1) is 7.87. The molecule has 0 bridgehead atoms. The van der Waals surface area contributed by atoms with Crippen molar-refractivity contribution in [3.05, 3.63) is 35.4 Å². The number of alkyl halides is 4. The third-order valence-corrected chi connectivity index (χ3v) is 3.16. The van der Waals surface area contributed by atoms with Gasteiger partial charge in [-0.1, -0.05) is 18.2 Å². The highest BCUT2D eigenvalue weighted by Gasteiger charge is 2.46. The molecular weight excluding hydrogens is 236 g/mol. The molecule has 5 heteroatoms. The average molecular weight is 246 g/mol. The van der Waals surface area contributed by atoms with Crippen LogP contribution in [0.2, 0.25) is 0 Å². The third kappa shape index (κ3) is 2.06. The number of hydrogen-bond acceptors (Lipinski definition) is 1. The van der Waals surface area contributed by atoms with Crippen molar-refractivity contribution < 1.29 is 22.4 Å². The van der Waals surface area contributed by atoms with Crippen molar-refractivity contribution in [1.29, 1.82) is 0 Å². The molecule has 0 radical (unpaired) electrons. The molecule has 0 aromatic heterocycles. The smallest absolute Gasteiger partial charge is 0.302 e. The quantitative estimate of drug-likeness (QED) is 0.578. The van der Waals surface area contributed by atoms with E-state index < -0.39 is 23.3 Å². The minimum Gasteiger partial charge on any atom is -0.302 e. The van der Waals surface area contributed by atoms with Gasteiger partial charge in [-0.2, -0.15) is 13.2 Å². The highest BCUT2D eigenvalue weighted by Crippen LogP contribution is 2.45. The van der Waals surface area contributed by atoms with E-state index in [0.29, 0.717) is 6.29 Å². The van der Waals surface area contributed by atoms with E-state index in [-0.39, 0.29) is 18.4 Å². The van der Waals surface area contributed by atoms with Crippen LogP contribution in [0.5, 0.6) is 0 Å². The van der Waals surface area contributed by atoms with Gasteiger partial charge in [0.05, 0.1) is 11.0 Å². The standard InChI is InChI=1S/C12H10F4O/c13-10-5-11(6-10,7-17)8-2-1-3-9(4-8)12(14,15)16/h1-4,7,10H,5-6H2. The Bertz CT molecular complexity index is 432. The molecule has 0 unspecified atom stereocenters. The second-order valence-corrected chi connectivity index (χ2v) is 4.36. The third-order valence-electron chi connectivity index (χ3n) is 3.16. The van der Waals surface area contributed by atoms with Crippen LogP contribution in [0.1, 0.15) is 24.0 Å². The molecular formula is C12H10F4O. The molecule has 92 valence electrons. The highest BCUT2D eigenvalue weighted by atomic mass is 19.4. The number of hydrogen-bond donors (Lipinski definition) is 0. The maximum Gasteiger partial charge on any atom is 0.416 e. The van der Waals surface area contributed by atoms with Crippen molar-refractivity contribution in [3.63, 3.8) is 0 Å². The summed E-state index contributed by atoms with van der Waals surface area (Å²) in [5.41, 5.74) is -1.63. The Labute approximate surface area is 95.4 Å². The van der Waals surface area contributed by atoms with Gasteiger partial charge in [-0.15, -0.1) is 0 Å². The van der Waals surface area contributed by atoms with E-state index in [4.69, 9.17) is 0 Å². The lowest BCUT2D eigenvalue weighted by atomic mass is 9.64. The normalized spacial score (nSPS) is 28.6. The number of carbonyl (C=O) groups excluding carboxylic acids is 1. The van der Waals surface area contributed by atoms with Gasteiger partial charge >= 0.3 is 6.18 Å². The first-order valence-electron chi connectivity index (χ1n) is 5.15. The second kappa shape index (κ2) is 3.82. The fraction of sp³-hybridized carbons (Fsp3) is 0.417. The van der Waals surface area contributed by atoms with Crippen LogP contribution in [-0.2, 0) is 16.4 Å². The summed E-state index contributed by atoms with van der Waals surface area (Å²) in [6.07, 6.45) is -5.05. The summed E-state index contributed by atoms with van der Waals surface area (Å²) in [5.74, 6) is 0. The van der Waals surface area contributed by atoms with Crippen LogP contribution in [-0.4, -0.2) is 12.5 Å². The van der Waals surface area contributed by atoms with Crippen LogP contribution in [0.25, 0.3) is 0 Å². The van der Waals surface area contributed by atoms with Gasteiger partial charge in [0.1, 0.15) is 12.5 Å². The Morgan fingerprint density at radius 2 is 1.94 bits per heavy atom. The summed E-state index contributed by atoms with van der Waals surface area (Å²) in [6.45, 7) is 0. The van der Waals surface area contributed by atoms with E-state index in [0.717, 1.165) is 12.1 Å². The van der Waals surface area contributed by atoms with Gasteiger partial charge in [0.2, 0.25) is 0 Å². The first-order valence-corrected chi connectivity index (χ1v) is 5.15. The zero-order valence-electron chi connectivity index (χ0n) is 8.80. The average Bonchev–Trinajstić information content (AvgIpc) is 2.23. The van der Waals surface area contributed by atoms with Crippen molar-refractivity contribution in [2.45, 2.75) is 30.6 Å². The Morgan fingerprint density at radius 3 is 2.41 bits per heavy atom. The fourth-order valence-electron chi connectivity index (χ4n) is 2.14. The molecule has 0 saturated heterocycles. The lowest BCUT2D eigenvalue weighted by molar-refractivity contribution is -0.137. The molecule has 0 amide bonds. The van der Waals surface area contributed by atoms with Crippen LogP contribution >= 0.6 is 0 Å². The zero-order chi connectivity index (χ0) is 12.7. The predicted octanol–water partition coefficient (Wildman–Crippen LogP) is 3.27. The number of aldehydes is 1. The highest BCUT2D eigenvalue weighted by molar-refractivity contribution is 5.71. The van der Waals surface area contributed by atoms with Crippen LogP contribution < -0.4 is 0 Å². The van der Waals surface area contributed by atoms with Gasteiger partial charge in [0.15, 0.2) is 0 Å². The predicted molar refractivity (Wildman–Crippen MR) is 53.3 cm³/mol. The molecule has 0 N–H and O–H groups in total. The van der Waals surface area contributed by atoms with Crippen LogP contribution in [0.3, 0.4) is 0 Å². The SMILES string of the molecule is O=CC1(c2cccc(C(F)(F)F)c2)CC(F)C1. The topological polar surface area (TPSA) is 17.1 Å². The summed E-state index contributed by atoms with van der Waals surface area (Å²) < 4.78 is 50.3. The van der Waals surface area contributed by atoms with Gasteiger partial charge in [-0.3, -0.25) is 0 Å². The molecule has 2 rings (SSSR count). The van der Waals surface area contributed by atoms with Gasteiger partial charge in [-0.05, 0) is 24.5 Å². The number of halogens is 4. The summed E-state index contributed by atoms with van der Waals surface area (Å²) >= 11 is 0. The number of rotatable bonds is 2. The minimum atomic E-state index is -4.45. The van der Waals surface area contributed by atoms with E-state index >= 15 is 0 Å². The molecule has 1 fully saturated rings. The number of benzene rings is 1. The molecule has 1 nitrogen and oxygen atoms in total. The van der Waals surface area contributed by atoms with E-state index in [2.05, 4.69) is 0 Å². The Kier molecular flexibility index (Phi) is 2.72. The Hall–Kier alpha value is -1.39. The van der Waals surface area contributed by atoms with Crippen LogP contribution in [0.15, 0.2) is 24.3 Å². The largest absolute Gasteiger partial charge is 0.416 e. The monoisotopic (exact) mass is 246 g/mol. The lowest BCUT2D eigenvalue weighted by Crippen LogP contribution is -2.44.